The fourth-order valence-electron chi connectivity index (χ4n) is 5.27. The zero-order valence-corrected chi connectivity index (χ0v) is 18.8. The molecule has 2 aromatic heterocycles. The minimum Gasteiger partial charge on any atom is -0.507 e. The largest absolute Gasteiger partial charge is 0.507 e. The van der Waals surface area contributed by atoms with Crippen molar-refractivity contribution in [3.63, 3.8) is 0 Å². The highest BCUT2D eigenvalue weighted by atomic mass is 16.3. The lowest BCUT2D eigenvalue weighted by Gasteiger charge is -2.43. The zero-order chi connectivity index (χ0) is 22.5. The number of fused-ring (bicyclic) bond motifs is 3. The first-order valence-electron chi connectivity index (χ1n) is 11.9. The third kappa shape index (κ3) is 4.04. The van der Waals surface area contributed by atoms with E-state index in [1.54, 1.807) is 12.1 Å². The van der Waals surface area contributed by atoms with Crippen molar-refractivity contribution < 1.29 is 14.3 Å². The number of carbonyl (C=O) groups excluding carboxylic acids is 1. The van der Waals surface area contributed by atoms with E-state index >= 15 is 0 Å². The Morgan fingerprint density at radius 1 is 1.12 bits per heavy atom. The smallest absolute Gasteiger partial charge is 0.287 e. The summed E-state index contributed by atoms with van der Waals surface area (Å²) < 4.78 is 5.66. The highest BCUT2D eigenvalue weighted by Gasteiger charge is 2.33. The van der Waals surface area contributed by atoms with Gasteiger partial charge in [0.2, 0.25) is 0 Å². The van der Waals surface area contributed by atoms with Crippen LogP contribution in [0, 0.1) is 0 Å². The van der Waals surface area contributed by atoms with Crippen molar-refractivity contribution in [1.82, 2.24) is 20.8 Å². The van der Waals surface area contributed by atoms with Crippen molar-refractivity contribution in [2.45, 2.75) is 69.1 Å². The van der Waals surface area contributed by atoms with Crippen LogP contribution in [0.25, 0.3) is 22.2 Å². The molecule has 3 atom stereocenters. The van der Waals surface area contributed by atoms with Crippen molar-refractivity contribution in [3.8, 4) is 17.0 Å². The van der Waals surface area contributed by atoms with Gasteiger partial charge < -0.3 is 25.1 Å². The number of aromatic nitrogens is 2. The topological polar surface area (TPSA) is 104 Å². The van der Waals surface area contributed by atoms with Gasteiger partial charge in [-0.05, 0) is 62.8 Å². The summed E-state index contributed by atoms with van der Waals surface area (Å²) in [4.78, 5) is 14.5. The Balaban J connectivity index is 1.22. The number of carbonyl (C=O) groups is 1. The van der Waals surface area contributed by atoms with E-state index in [1.807, 2.05) is 12.1 Å². The molecule has 1 amide bonds. The summed E-state index contributed by atoms with van der Waals surface area (Å²) in [6.45, 7) is 0. The molecule has 2 saturated heterocycles. The number of benzene rings is 1. The van der Waals surface area contributed by atoms with Crippen molar-refractivity contribution in [3.05, 3.63) is 36.1 Å². The average Bonchev–Trinajstić information content (AvgIpc) is 3.53. The molecule has 172 valence electrons. The van der Waals surface area contributed by atoms with Crippen LogP contribution in [0.4, 0.5) is 5.82 Å². The van der Waals surface area contributed by atoms with Gasteiger partial charge in [0.15, 0.2) is 11.6 Å². The van der Waals surface area contributed by atoms with Gasteiger partial charge in [0.25, 0.3) is 5.91 Å². The molecule has 1 aromatic carbocycles. The molecule has 0 spiro atoms. The van der Waals surface area contributed by atoms with Crippen LogP contribution < -0.4 is 15.5 Å². The molecular formula is C25H29N5O3. The number of amides is 1. The summed E-state index contributed by atoms with van der Waals surface area (Å²) in [6, 6.07) is 10.8. The number of phenols is 1. The standard InChI is InChI=1S/C25H29N5O3/c1-30(18-11-16-3-2-4-17(12-18)26-16)24-8-7-20(28-29-24)19-9-14-10-23(25(32)27-15-5-6-15)33-22(14)13-21(19)31/h7-10,13,15-18,26,31H,2-6,11-12H2,1H3,(H,27,32)/t16-,17+,18+. The number of piperidine rings is 2. The minimum atomic E-state index is -0.219. The van der Waals surface area contributed by atoms with E-state index in [9.17, 15) is 9.90 Å². The number of phenolic OH excluding ortho intramolecular Hbond substituents is 1. The number of nitrogens with zero attached hydrogens (tertiary/aromatic N) is 3. The Morgan fingerprint density at radius 2 is 1.91 bits per heavy atom. The van der Waals surface area contributed by atoms with Gasteiger partial charge in [0.1, 0.15) is 11.3 Å². The summed E-state index contributed by atoms with van der Waals surface area (Å²) in [5, 5.41) is 26.9. The quantitative estimate of drug-likeness (QED) is 0.549. The first kappa shape index (κ1) is 20.5. The molecule has 1 saturated carbocycles. The molecular weight excluding hydrogens is 418 g/mol. The van der Waals surface area contributed by atoms with Crippen LogP contribution in [-0.2, 0) is 0 Å². The monoisotopic (exact) mass is 447 g/mol. The lowest BCUT2D eigenvalue weighted by molar-refractivity contribution is 0.0925. The van der Waals surface area contributed by atoms with Crippen LogP contribution in [0.5, 0.6) is 5.75 Å². The summed E-state index contributed by atoms with van der Waals surface area (Å²) >= 11 is 0. The molecule has 3 aromatic rings. The van der Waals surface area contributed by atoms with Crippen molar-refractivity contribution in [2.75, 3.05) is 11.9 Å². The Kier molecular flexibility index (Phi) is 4.98. The highest BCUT2D eigenvalue weighted by molar-refractivity contribution is 5.97. The number of aromatic hydroxyl groups is 1. The van der Waals surface area contributed by atoms with E-state index in [0.717, 1.165) is 36.9 Å². The van der Waals surface area contributed by atoms with Crippen molar-refractivity contribution in [1.29, 1.82) is 0 Å². The minimum absolute atomic E-state index is 0.0487. The molecule has 1 aliphatic carbocycles. The number of hydrogen-bond acceptors (Lipinski definition) is 7. The molecule has 4 heterocycles. The number of anilines is 1. The van der Waals surface area contributed by atoms with Gasteiger partial charge in [-0.1, -0.05) is 6.42 Å². The summed E-state index contributed by atoms with van der Waals surface area (Å²) in [5.41, 5.74) is 1.62. The van der Waals surface area contributed by atoms with Gasteiger partial charge >= 0.3 is 0 Å². The third-order valence-corrected chi connectivity index (χ3v) is 7.30. The third-order valence-electron chi connectivity index (χ3n) is 7.30. The number of furan rings is 1. The molecule has 8 heteroatoms. The fraction of sp³-hybridized carbons (Fsp3) is 0.480. The van der Waals surface area contributed by atoms with E-state index in [0.29, 0.717) is 35.0 Å². The lowest BCUT2D eigenvalue weighted by Crippen LogP contribution is -2.54. The highest BCUT2D eigenvalue weighted by Crippen LogP contribution is 2.35. The van der Waals surface area contributed by atoms with Gasteiger partial charge in [0.05, 0.1) is 5.69 Å². The van der Waals surface area contributed by atoms with E-state index in [1.165, 1.54) is 25.3 Å². The molecule has 3 fully saturated rings. The maximum absolute atomic E-state index is 12.3. The first-order valence-corrected chi connectivity index (χ1v) is 11.9. The van der Waals surface area contributed by atoms with Gasteiger partial charge in [-0.2, -0.15) is 0 Å². The lowest BCUT2D eigenvalue weighted by atomic mass is 9.83. The molecule has 3 aliphatic rings. The van der Waals surface area contributed by atoms with E-state index in [2.05, 4.69) is 32.8 Å². The van der Waals surface area contributed by atoms with E-state index < -0.39 is 0 Å². The van der Waals surface area contributed by atoms with Gasteiger partial charge in [-0.3, -0.25) is 4.79 Å². The second-order valence-electron chi connectivity index (χ2n) is 9.77. The van der Waals surface area contributed by atoms with Crippen LogP contribution in [0.3, 0.4) is 0 Å². The van der Waals surface area contributed by atoms with Crippen LogP contribution >= 0.6 is 0 Å². The molecule has 33 heavy (non-hydrogen) atoms. The zero-order valence-electron chi connectivity index (χ0n) is 18.8. The van der Waals surface area contributed by atoms with Crippen LogP contribution in [0.15, 0.2) is 34.7 Å². The van der Waals surface area contributed by atoms with Gasteiger partial charge in [-0.25, -0.2) is 0 Å². The van der Waals surface area contributed by atoms with Gasteiger partial charge in [0, 0.05) is 48.2 Å². The number of hydrogen-bond donors (Lipinski definition) is 3. The normalized spacial score (nSPS) is 24.6. The summed E-state index contributed by atoms with van der Waals surface area (Å²) in [6.07, 6.45) is 8.12. The van der Waals surface area contributed by atoms with Crippen LogP contribution in [0.2, 0.25) is 0 Å². The SMILES string of the molecule is CN(c1ccc(-c2cc3cc(C(=O)NC4CC4)oc3cc2O)nn1)[C@H]1C[C@H]2CCC[C@@H](C1)N2. The van der Waals surface area contributed by atoms with E-state index in [-0.39, 0.29) is 23.5 Å². The molecule has 3 N–H and O–H groups in total. The van der Waals surface area contributed by atoms with Crippen molar-refractivity contribution in [2.24, 2.45) is 0 Å². The predicted molar refractivity (Wildman–Crippen MR) is 125 cm³/mol. The summed E-state index contributed by atoms with van der Waals surface area (Å²) in [5.74, 6) is 0.923. The van der Waals surface area contributed by atoms with Gasteiger partial charge in [-0.15, -0.1) is 10.2 Å². The Morgan fingerprint density at radius 3 is 2.61 bits per heavy atom. The number of rotatable bonds is 5. The Labute approximate surface area is 192 Å². The summed E-state index contributed by atoms with van der Waals surface area (Å²) in [7, 11) is 2.10. The predicted octanol–water partition coefficient (Wildman–Crippen LogP) is 3.60. The first-order chi connectivity index (χ1) is 16.0. The maximum atomic E-state index is 12.3. The Bertz CT molecular complexity index is 1170. The molecule has 8 nitrogen and oxygen atoms in total. The molecule has 6 rings (SSSR count). The molecule has 2 bridgehead atoms. The van der Waals surface area contributed by atoms with Crippen LogP contribution in [-0.4, -0.2) is 52.4 Å². The Hall–Kier alpha value is -3.13. The molecule has 0 unspecified atom stereocenters. The second-order valence-corrected chi connectivity index (χ2v) is 9.77. The second kappa shape index (κ2) is 8.02. The van der Waals surface area contributed by atoms with Crippen LogP contribution in [0.1, 0.15) is 55.5 Å². The number of nitrogens with one attached hydrogen (secondary N) is 2. The fourth-order valence-corrected chi connectivity index (χ4v) is 5.27. The molecule has 0 radical (unpaired) electrons. The average molecular weight is 448 g/mol. The maximum Gasteiger partial charge on any atom is 0.287 e. The van der Waals surface area contributed by atoms with E-state index in [4.69, 9.17) is 4.42 Å². The molecule has 2 aliphatic heterocycles. The van der Waals surface area contributed by atoms with Crippen molar-refractivity contribution >= 4 is 22.7 Å².